The second-order valence-electron chi connectivity index (χ2n) is 10.5. The van der Waals surface area contributed by atoms with Gasteiger partial charge in [-0.25, -0.2) is 36.7 Å². The summed E-state index contributed by atoms with van der Waals surface area (Å²) in [5.41, 5.74) is -5.51. The van der Waals surface area contributed by atoms with Gasteiger partial charge in [0.15, 0.2) is 18.6 Å². The number of rotatable bonds is 28. The van der Waals surface area contributed by atoms with Crippen LogP contribution in [-0.4, -0.2) is 113 Å². The predicted molar refractivity (Wildman–Crippen MR) is 150 cm³/mol. The zero-order valence-corrected chi connectivity index (χ0v) is 27.7. The van der Waals surface area contributed by atoms with Gasteiger partial charge in [0.05, 0.1) is 39.3 Å². The number of carbonyl (C=O) groups is 4. The van der Waals surface area contributed by atoms with E-state index in [0.29, 0.717) is 12.2 Å². The Balaban J connectivity index is 7.09. The van der Waals surface area contributed by atoms with Crippen molar-refractivity contribution >= 4 is 23.9 Å². The minimum Gasteiger partial charge on any atom is -0.462 e. The lowest BCUT2D eigenvalue weighted by Gasteiger charge is -2.44. The Labute approximate surface area is 300 Å². The van der Waals surface area contributed by atoms with Gasteiger partial charge in [0.1, 0.15) is 13.2 Å². The molecule has 0 aliphatic heterocycles. The quantitative estimate of drug-likeness (QED) is 0.0397. The Morgan fingerprint density at radius 1 is 0.491 bits per heavy atom. The lowest BCUT2D eigenvalue weighted by atomic mass is 9.86. The van der Waals surface area contributed by atoms with Crippen molar-refractivity contribution < 1.29 is 119 Å². The maximum Gasteiger partial charge on any atom is 0.378 e. The molecule has 0 spiro atoms. The standard InChI is InChI=1S/C29H30F14O12/c1-5-19(44)50-9-7-26(36,37)54-28(40,41)23(11-48-13-24(32,33)15-52-21(46)17(3)30,12-49-14-25(34,35)16-53-22(47)18(4)31)29(42,43)55-27(38,39)8-10-51-20(45)6-2/h5-6H,1-4,7-16H2. The van der Waals surface area contributed by atoms with E-state index in [1.165, 1.54) is 0 Å². The van der Waals surface area contributed by atoms with Gasteiger partial charge in [0.2, 0.25) is 11.7 Å². The van der Waals surface area contributed by atoms with E-state index in [1.807, 2.05) is 0 Å². The molecule has 0 fully saturated rings. The smallest absolute Gasteiger partial charge is 0.378 e. The first-order valence-corrected chi connectivity index (χ1v) is 14.3. The van der Waals surface area contributed by atoms with Crippen LogP contribution in [0.15, 0.2) is 50.1 Å². The molecule has 0 atom stereocenters. The Kier molecular flexibility index (Phi) is 19.0. The summed E-state index contributed by atoms with van der Waals surface area (Å²) in [6.45, 7) is -7.91. The van der Waals surface area contributed by atoms with E-state index < -0.39 is 143 Å². The van der Waals surface area contributed by atoms with Crippen molar-refractivity contribution in [1.82, 2.24) is 0 Å². The van der Waals surface area contributed by atoms with E-state index in [-0.39, 0.29) is 0 Å². The van der Waals surface area contributed by atoms with E-state index in [4.69, 9.17) is 0 Å². The predicted octanol–water partition coefficient (Wildman–Crippen LogP) is 5.97. The molecule has 0 saturated heterocycles. The van der Waals surface area contributed by atoms with Gasteiger partial charge in [-0.05, 0) is 0 Å². The molecule has 0 unspecified atom stereocenters. The topological polar surface area (TPSA) is 142 Å². The van der Waals surface area contributed by atoms with Crippen LogP contribution in [0.2, 0.25) is 0 Å². The van der Waals surface area contributed by atoms with E-state index in [9.17, 15) is 63.1 Å². The number of hydrogen-bond donors (Lipinski definition) is 0. The molecule has 0 bridgehead atoms. The molecule has 55 heavy (non-hydrogen) atoms. The zero-order valence-electron chi connectivity index (χ0n) is 27.7. The third-order valence-corrected chi connectivity index (χ3v) is 5.87. The van der Waals surface area contributed by atoms with Gasteiger partial charge in [-0.15, -0.1) is 0 Å². The first-order valence-electron chi connectivity index (χ1n) is 14.3. The zero-order chi connectivity index (χ0) is 43.1. The summed E-state index contributed by atoms with van der Waals surface area (Å²) in [5, 5.41) is 0. The summed E-state index contributed by atoms with van der Waals surface area (Å²) in [5.74, 6) is -20.4. The van der Waals surface area contributed by atoms with Crippen LogP contribution in [0.3, 0.4) is 0 Å². The van der Waals surface area contributed by atoms with Crippen molar-refractivity contribution in [2.24, 2.45) is 5.41 Å². The molecule has 12 nitrogen and oxygen atoms in total. The van der Waals surface area contributed by atoms with Gasteiger partial charge < -0.3 is 28.4 Å². The molecular formula is C29H30F14O12. The summed E-state index contributed by atoms with van der Waals surface area (Å²) in [6.07, 6.45) is -27.5. The van der Waals surface area contributed by atoms with Crippen molar-refractivity contribution in [3.63, 3.8) is 0 Å². The highest BCUT2D eigenvalue weighted by atomic mass is 19.3. The fraction of sp³-hybridized carbons (Fsp3) is 0.586. The molecule has 0 aromatic heterocycles. The highest BCUT2D eigenvalue weighted by Crippen LogP contribution is 2.54. The Morgan fingerprint density at radius 2 is 0.800 bits per heavy atom. The maximum absolute atomic E-state index is 15.8. The van der Waals surface area contributed by atoms with Gasteiger partial charge >= 0.3 is 60.2 Å². The molecule has 0 radical (unpaired) electrons. The van der Waals surface area contributed by atoms with Crippen molar-refractivity contribution in [2.45, 2.75) is 49.1 Å². The lowest BCUT2D eigenvalue weighted by Crippen LogP contribution is -2.64. The molecule has 0 amide bonds. The van der Waals surface area contributed by atoms with Crippen LogP contribution in [0, 0.1) is 5.41 Å². The van der Waals surface area contributed by atoms with Crippen LogP contribution in [-0.2, 0) is 57.1 Å². The van der Waals surface area contributed by atoms with Gasteiger partial charge in [-0.2, -0.15) is 43.9 Å². The molecule has 0 aliphatic rings. The van der Waals surface area contributed by atoms with Crippen LogP contribution in [0.4, 0.5) is 61.5 Å². The largest absolute Gasteiger partial charge is 0.462 e. The van der Waals surface area contributed by atoms with Gasteiger partial charge in [-0.1, -0.05) is 26.3 Å². The van der Waals surface area contributed by atoms with Crippen molar-refractivity contribution in [3.05, 3.63) is 50.1 Å². The fourth-order valence-electron chi connectivity index (χ4n) is 3.21. The van der Waals surface area contributed by atoms with Crippen LogP contribution >= 0.6 is 0 Å². The second-order valence-corrected chi connectivity index (χ2v) is 10.5. The minimum atomic E-state index is -6.50. The van der Waals surface area contributed by atoms with Crippen LogP contribution < -0.4 is 0 Å². The fourth-order valence-corrected chi connectivity index (χ4v) is 3.21. The third kappa shape index (κ3) is 17.8. The normalized spacial score (nSPS) is 13.1. The Hall–Kier alpha value is -4.30. The Bertz CT molecular complexity index is 1290. The first-order chi connectivity index (χ1) is 24.9. The number of alkyl halides is 12. The molecule has 0 aromatic carbocycles. The van der Waals surface area contributed by atoms with E-state index in [0.717, 1.165) is 0 Å². The van der Waals surface area contributed by atoms with Crippen molar-refractivity contribution in [3.8, 4) is 0 Å². The molecular weight excluding hydrogens is 806 g/mol. The molecule has 316 valence electrons. The third-order valence-electron chi connectivity index (χ3n) is 5.87. The Morgan fingerprint density at radius 3 is 1.07 bits per heavy atom. The number of esters is 4. The van der Waals surface area contributed by atoms with E-state index in [2.05, 4.69) is 64.2 Å². The molecule has 0 saturated carbocycles. The van der Waals surface area contributed by atoms with Crippen molar-refractivity contribution in [1.29, 1.82) is 0 Å². The summed E-state index contributed by atoms with van der Waals surface area (Å²) in [4.78, 5) is 44.4. The van der Waals surface area contributed by atoms with Gasteiger partial charge in [0, 0.05) is 12.2 Å². The molecule has 0 N–H and O–H groups in total. The van der Waals surface area contributed by atoms with Gasteiger partial charge in [0.25, 0.3) is 0 Å². The summed E-state index contributed by atoms with van der Waals surface area (Å²) in [7, 11) is 0. The average molecular weight is 837 g/mol. The van der Waals surface area contributed by atoms with Crippen molar-refractivity contribution in [2.75, 3.05) is 52.9 Å². The summed E-state index contributed by atoms with van der Waals surface area (Å²) in [6, 6.07) is 0. The average Bonchev–Trinajstić information content (AvgIpc) is 3.03. The summed E-state index contributed by atoms with van der Waals surface area (Å²) < 4.78 is 235. The first kappa shape index (κ1) is 50.7. The summed E-state index contributed by atoms with van der Waals surface area (Å²) >= 11 is 0. The second kappa shape index (κ2) is 20.6. The number of ether oxygens (including phenoxy) is 8. The number of halogens is 14. The molecule has 0 heterocycles. The molecule has 0 aromatic rings. The van der Waals surface area contributed by atoms with Crippen LogP contribution in [0.5, 0.6) is 0 Å². The number of hydrogen-bond acceptors (Lipinski definition) is 12. The SMILES string of the molecule is C=CC(=O)OCCC(F)(F)OC(F)(F)C(COCC(F)(F)COC(=O)C(=C)F)(COCC(F)(F)COC(=O)C(=C)F)C(F)(F)OC(F)(F)CCOC(=O)C=C. The lowest BCUT2D eigenvalue weighted by molar-refractivity contribution is -0.497. The van der Waals surface area contributed by atoms with E-state index >= 15 is 17.6 Å². The van der Waals surface area contributed by atoms with Crippen LogP contribution in [0.1, 0.15) is 12.8 Å². The monoisotopic (exact) mass is 836 g/mol. The van der Waals surface area contributed by atoms with Crippen LogP contribution in [0.25, 0.3) is 0 Å². The maximum atomic E-state index is 15.8. The highest BCUT2D eigenvalue weighted by Gasteiger charge is 2.75. The molecule has 26 heteroatoms. The highest BCUT2D eigenvalue weighted by molar-refractivity contribution is 5.85. The molecule has 0 rings (SSSR count). The van der Waals surface area contributed by atoms with Gasteiger partial charge in [-0.3, -0.25) is 9.47 Å². The van der Waals surface area contributed by atoms with E-state index in [1.54, 1.807) is 0 Å². The minimum absolute atomic E-state index is 0.388. The number of carbonyl (C=O) groups excluding carboxylic acids is 4. The molecule has 0 aliphatic carbocycles.